The summed E-state index contributed by atoms with van der Waals surface area (Å²) >= 11 is 1.48. The number of nitrogens with one attached hydrogen (secondary N) is 1. The van der Waals surface area contributed by atoms with Crippen LogP contribution in [0.15, 0.2) is 36.4 Å². The Labute approximate surface area is 150 Å². The van der Waals surface area contributed by atoms with Gasteiger partial charge in [0.05, 0.1) is 16.3 Å². The second-order valence-corrected chi connectivity index (χ2v) is 7.72. The van der Waals surface area contributed by atoms with Gasteiger partial charge in [-0.3, -0.25) is 4.79 Å². The first kappa shape index (κ1) is 16.3. The van der Waals surface area contributed by atoms with E-state index >= 15 is 0 Å². The van der Waals surface area contributed by atoms with Gasteiger partial charge in [-0.15, -0.1) is 11.3 Å². The van der Waals surface area contributed by atoms with E-state index < -0.39 is 0 Å². The summed E-state index contributed by atoms with van der Waals surface area (Å²) in [6, 6.07) is 12.1. The molecule has 0 aliphatic heterocycles. The second kappa shape index (κ2) is 6.61. The Bertz CT molecular complexity index is 900. The van der Waals surface area contributed by atoms with E-state index in [4.69, 9.17) is 0 Å². The topological polar surface area (TPSA) is 67.2 Å². The van der Waals surface area contributed by atoms with Gasteiger partial charge in [-0.1, -0.05) is 18.2 Å². The number of aliphatic hydroxyl groups is 1. The third kappa shape index (κ3) is 3.07. The van der Waals surface area contributed by atoms with Crippen LogP contribution in [0.5, 0.6) is 0 Å². The van der Waals surface area contributed by atoms with Gasteiger partial charge in [0.1, 0.15) is 4.83 Å². The first-order valence-corrected chi connectivity index (χ1v) is 9.43. The van der Waals surface area contributed by atoms with Crippen LogP contribution in [0.4, 0.5) is 0 Å². The van der Waals surface area contributed by atoms with Crippen molar-refractivity contribution < 1.29 is 9.90 Å². The molecule has 2 N–H and O–H groups in total. The van der Waals surface area contributed by atoms with E-state index in [2.05, 4.69) is 10.4 Å². The highest BCUT2D eigenvalue weighted by Gasteiger charge is 2.26. The molecule has 2 atom stereocenters. The number of carbonyl (C=O) groups is 1. The number of aromatic nitrogens is 2. The number of amides is 1. The van der Waals surface area contributed by atoms with Gasteiger partial charge in [0.15, 0.2) is 0 Å². The fourth-order valence-corrected chi connectivity index (χ4v) is 4.62. The van der Waals surface area contributed by atoms with Crippen LogP contribution in [0.1, 0.15) is 34.6 Å². The Kier molecular flexibility index (Phi) is 4.31. The minimum absolute atomic E-state index is 0.0243. The zero-order chi connectivity index (χ0) is 17.4. The largest absolute Gasteiger partial charge is 0.396 e. The Morgan fingerprint density at radius 2 is 2.16 bits per heavy atom. The number of carbonyl (C=O) groups excluding carboxylic acids is 1. The lowest BCUT2D eigenvalue weighted by Gasteiger charge is -2.11. The maximum absolute atomic E-state index is 12.6. The number of nitrogens with zero attached hydrogens (tertiary/aromatic N) is 2. The molecule has 2 heterocycles. The number of aliphatic hydroxyl groups excluding tert-OH is 1. The van der Waals surface area contributed by atoms with E-state index in [9.17, 15) is 9.90 Å². The van der Waals surface area contributed by atoms with E-state index in [1.165, 1.54) is 11.3 Å². The van der Waals surface area contributed by atoms with Crippen LogP contribution >= 0.6 is 11.3 Å². The number of thiophene rings is 1. The number of hydrogen-bond acceptors (Lipinski definition) is 4. The van der Waals surface area contributed by atoms with Crippen molar-refractivity contribution in [3.63, 3.8) is 0 Å². The summed E-state index contributed by atoms with van der Waals surface area (Å²) in [6.45, 7) is 2.18. The lowest BCUT2D eigenvalue weighted by Crippen LogP contribution is -2.32. The molecule has 1 saturated carbocycles. The van der Waals surface area contributed by atoms with Gasteiger partial charge >= 0.3 is 0 Å². The van der Waals surface area contributed by atoms with E-state index in [0.717, 1.165) is 40.9 Å². The van der Waals surface area contributed by atoms with Crippen molar-refractivity contribution in [2.24, 2.45) is 5.92 Å². The molecule has 3 aromatic rings. The number of fused-ring (bicyclic) bond motifs is 1. The molecule has 0 radical (unpaired) electrons. The summed E-state index contributed by atoms with van der Waals surface area (Å²) < 4.78 is 1.91. The summed E-state index contributed by atoms with van der Waals surface area (Å²) in [4.78, 5) is 14.3. The summed E-state index contributed by atoms with van der Waals surface area (Å²) in [6.07, 6.45) is 2.79. The minimum Gasteiger partial charge on any atom is -0.396 e. The molecule has 0 bridgehead atoms. The Morgan fingerprint density at radius 3 is 2.88 bits per heavy atom. The molecular formula is C19H21N3O2S. The van der Waals surface area contributed by atoms with Crippen LogP contribution in [0, 0.1) is 12.8 Å². The second-order valence-electron chi connectivity index (χ2n) is 6.69. The molecular weight excluding hydrogens is 334 g/mol. The summed E-state index contributed by atoms with van der Waals surface area (Å²) in [5.41, 5.74) is 1.92. The van der Waals surface area contributed by atoms with Crippen LogP contribution in [-0.4, -0.2) is 33.4 Å². The van der Waals surface area contributed by atoms with Crippen LogP contribution in [0.25, 0.3) is 15.9 Å². The third-order valence-electron chi connectivity index (χ3n) is 4.90. The zero-order valence-corrected chi connectivity index (χ0v) is 14.9. The predicted octanol–water partition coefficient (Wildman–Crippen LogP) is 3.29. The van der Waals surface area contributed by atoms with Gasteiger partial charge in [-0.25, -0.2) is 4.68 Å². The van der Waals surface area contributed by atoms with E-state index in [1.807, 2.05) is 48.0 Å². The summed E-state index contributed by atoms with van der Waals surface area (Å²) in [5, 5.41) is 18.0. The maximum Gasteiger partial charge on any atom is 0.261 e. The van der Waals surface area contributed by atoms with Gasteiger partial charge < -0.3 is 10.4 Å². The van der Waals surface area contributed by atoms with Crippen molar-refractivity contribution in [2.45, 2.75) is 32.2 Å². The zero-order valence-electron chi connectivity index (χ0n) is 14.1. The Balaban J connectivity index is 1.60. The smallest absolute Gasteiger partial charge is 0.261 e. The molecule has 0 saturated heterocycles. The molecule has 0 spiro atoms. The number of rotatable bonds is 4. The first-order valence-electron chi connectivity index (χ1n) is 8.62. The Morgan fingerprint density at radius 1 is 1.36 bits per heavy atom. The van der Waals surface area contributed by atoms with Gasteiger partial charge in [0.25, 0.3) is 5.91 Å². The third-order valence-corrected chi connectivity index (χ3v) is 6.01. The molecule has 5 nitrogen and oxygen atoms in total. The molecule has 130 valence electrons. The maximum atomic E-state index is 12.6. The number of hydrogen-bond donors (Lipinski definition) is 2. The van der Waals surface area contributed by atoms with Crippen molar-refractivity contribution in [1.82, 2.24) is 15.1 Å². The molecule has 4 rings (SSSR count). The minimum atomic E-state index is -0.0243. The SMILES string of the molecule is Cc1nn(-c2ccccc2)c2sc(C(=O)NC3CCC(CO)C3)cc12. The fraction of sp³-hybridized carbons (Fsp3) is 0.368. The highest BCUT2D eigenvalue weighted by atomic mass is 32.1. The lowest BCUT2D eigenvalue weighted by atomic mass is 10.1. The van der Waals surface area contributed by atoms with Crippen molar-refractivity contribution >= 4 is 27.5 Å². The molecule has 1 aromatic carbocycles. The van der Waals surface area contributed by atoms with Gasteiger partial charge in [-0.05, 0) is 50.3 Å². The molecule has 1 fully saturated rings. The summed E-state index contributed by atoms with van der Waals surface area (Å²) in [5.74, 6) is 0.297. The van der Waals surface area contributed by atoms with E-state index in [0.29, 0.717) is 10.8 Å². The van der Waals surface area contributed by atoms with Crippen molar-refractivity contribution in [3.05, 3.63) is 47.0 Å². The Hall–Kier alpha value is -2.18. The standard InChI is InChI=1S/C19H21N3O2S/c1-12-16-10-17(18(24)20-14-8-7-13(9-14)11-23)25-19(16)22(21-12)15-5-3-2-4-6-15/h2-6,10,13-14,23H,7-9,11H2,1H3,(H,20,24). The molecule has 6 heteroatoms. The predicted molar refractivity (Wildman–Crippen MR) is 99.4 cm³/mol. The van der Waals surface area contributed by atoms with Gasteiger partial charge in [0.2, 0.25) is 0 Å². The fourth-order valence-electron chi connectivity index (χ4n) is 3.53. The summed E-state index contributed by atoms with van der Waals surface area (Å²) in [7, 11) is 0. The van der Waals surface area contributed by atoms with Crippen molar-refractivity contribution in [3.8, 4) is 5.69 Å². The first-order chi connectivity index (χ1) is 12.2. The van der Waals surface area contributed by atoms with E-state index in [1.54, 1.807) is 0 Å². The van der Waals surface area contributed by atoms with Crippen LogP contribution < -0.4 is 5.32 Å². The van der Waals surface area contributed by atoms with Crippen LogP contribution in [0.2, 0.25) is 0 Å². The average Bonchev–Trinajstić information content (AvgIpc) is 3.32. The molecule has 25 heavy (non-hydrogen) atoms. The normalized spacial score (nSPS) is 20.2. The average molecular weight is 355 g/mol. The number of aryl methyl sites for hydroxylation is 1. The lowest BCUT2D eigenvalue weighted by molar-refractivity contribution is 0.0940. The molecule has 2 unspecified atom stereocenters. The highest BCUT2D eigenvalue weighted by Crippen LogP contribution is 2.31. The van der Waals surface area contributed by atoms with Crippen LogP contribution in [0.3, 0.4) is 0 Å². The highest BCUT2D eigenvalue weighted by molar-refractivity contribution is 7.20. The quantitative estimate of drug-likeness (QED) is 0.755. The van der Waals surface area contributed by atoms with Gasteiger partial charge in [-0.2, -0.15) is 5.10 Å². The molecule has 1 aliphatic carbocycles. The molecule has 1 aliphatic rings. The van der Waals surface area contributed by atoms with E-state index in [-0.39, 0.29) is 18.6 Å². The number of para-hydroxylation sites is 1. The van der Waals surface area contributed by atoms with Crippen molar-refractivity contribution in [1.29, 1.82) is 0 Å². The van der Waals surface area contributed by atoms with Crippen LogP contribution in [-0.2, 0) is 0 Å². The van der Waals surface area contributed by atoms with Crippen molar-refractivity contribution in [2.75, 3.05) is 6.61 Å². The molecule has 2 aromatic heterocycles. The monoisotopic (exact) mass is 355 g/mol. The number of benzene rings is 1. The molecule has 1 amide bonds. The van der Waals surface area contributed by atoms with Gasteiger partial charge in [0, 0.05) is 18.0 Å².